The van der Waals surface area contributed by atoms with Crippen molar-refractivity contribution >= 4 is 0 Å². The summed E-state index contributed by atoms with van der Waals surface area (Å²) in [6.45, 7) is 11.3. The molecular weight excluding hydrogens is 224 g/mol. The van der Waals surface area contributed by atoms with E-state index in [1.165, 1.54) is 45.3 Å². The van der Waals surface area contributed by atoms with Gasteiger partial charge in [0, 0.05) is 31.7 Å². The second-order valence-corrected chi connectivity index (χ2v) is 5.99. The molecule has 0 aromatic carbocycles. The maximum absolute atomic E-state index is 5.69. The first-order chi connectivity index (χ1) is 8.83. The molecular formula is C15H30N2O. The van der Waals surface area contributed by atoms with Crippen LogP contribution in [0.2, 0.25) is 0 Å². The zero-order valence-corrected chi connectivity index (χ0v) is 12.2. The average Bonchev–Trinajstić information content (AvgIpc) is 3.16. The minimum absolute atomic E-state index is 0.669. The normalized spacial score (nSPS) is 28.8. The zero-order valence-electron chi connectivity index (χ0n) is 12.2. The molecule has 18 heavy (non-hydrogen) atoms. The van der Waals surface area contributed by atoms with Crippen LogP contribution in [0.25, 0.3) is 0 Å². The van der Waals surface area contributed by atoms with Crippen molar-refractivity contribution in [3.63, 3.8) is 0 Å². The summed E-state index contributed by atoms with van der Waals surface area (Å²) in [6.07, 6.45) is 5.37. The molecule has 0 bridgehead atoms. The summed E-state index contributed by atoms with van der Waals surface area (Å²) in [6, 6.07) is 0.669. The molecule has 2 aliphatic rings. The van der Waals surface area contributed by atoms with Crippen LogP contribution in [0.5, 0.6) is 0 Å². The van der Waals surface area contributed by atoms with Gasteiger partial charge < -0.3 is 15.0 Å². The topological polar surface area (TPSA) is 24.5 Å². The van der Waals surface area contributed by atoms with Gasteiger partial charge in [0.1, 0.15) is 0 Å². The molecule has 1 heterocycles. The van der Waals surface area contributed by atoms with Gasteiger partial charge in [0.15, 0.2) is 0 Å². The predicted molar refractivity (Wildman–Crippen MR) is 75.8 cm³/mol. The molecule has 1 aliphatic heterocycles. The quantitative estimate of drug-likeness (QED) is 0.718. The Morgan fingerprint density at radius 2 is 2.00 bits per heavy atom. The van der Waals surface area contributed by atoms with Crippen LogP contribution >= 0.6 is 0 Å². The third kappa shape index (κ3) is 4.52. The Morgan fingerprint density at radius 3 is 2.67 bits per heavy atom. The van der Waals surface area contributed by atoms with Gasteiger partial charge in [-0.1, -0.05) is 13.8 Å². The van der Waals surface area contributed by atoms with Crippen LogP contribution in [0.4, 0.5) is 0 Å². The van der Waals surface area contributed by atoms with E-state index < -0.39 is 0 Å². The maximum Gasteiger partial charge on any atom is 0.0521 e. The largest absolute Gasteiger partial charge is 0.381 e. The van der Waals surface area contributed by atoms with E-state index >= 15 is 0 Å². The summed E-state index contributed by atoms with van der Waals surface area (Å²) in [5.74, 6) is 1.68. The van der Waals surface area contributed by atoms with E-state index in [-0.39, 0.29) is 0 Å². The summed E-state index contributed by atoms with van der Waals surface area (Å²) in [5.41, 5.74) is 0. The molecule has 0 amide bonds. The second-order valence-electron chi connectivity index (χ2n) is 5.99. The van der Waals surface area contributed by atoms with E-state index in [2.05, 4.69) is 24.1 Å². The van der Waals surface area contributed by atoms with Crippen LogP contribution in [0.1, 0.15) is 39.5 Å². The molecule has 2 fully saturated rings. The molecule has 2 atom stereocenters. The van der Waals surface area contributed by atoms with Gasteiger partial charge in [-0.2, -0.15) is 0 Å². The Bertz CT molecular complexity index is 229. The lowest BCUT2D eigenvalue weighted by Gasteiger charge is -2.36. The monoisotopic (exact) mass is 254 g/mol. The molecule has 1 saturated carbocycles. The van der Waals surface area contributed by atoms with Crippen LogP contribution in [-0.4, -0.2) is 50.3 Å². The highest BCUT2D eigenvalue weighted by Crippen LogP contribution is 2.30. The van der Waals surface area contributed by atoms with E-state index in [0.717, 1.165) is 25.7 Å². The summed E-state index contributed by atoms with van der Waals surface area (Å²) >= 11 is 0. The Balaban J connectivity index is 1.81. The van der Waals surface area contributed by atoms with E-state index in [1.54, 1.807) is 0 Å². The SMILES string of the molecule is CCCN(CC1CC1)CC1COCCC1NCC. The number of ether oxygens (including phenoxy) is 1. The van der Waals surface area contributed by atoms with Crippen LogP contribution in [0.3, 0.4) is 0 Å². The molecule has 3 heteroatoms. The van der Waals surface area contributed by atoms with Crippen molar-refractivity contribution in [3.05, 3.63) is 0 Å². The third-order valence-corrected chi connectivity index (χ3v) is 4.19. The smallest absolute Gasteiger partial charge is 0.0521 e. The fourth-order valence-corrected chi connectivity index (χ4v) is 3.08. The summed E-state index contributed by atoms with van der Waals surface area (Å²) < 4.78 is 5.69. The first-order valence-corrected chi connectivity index (χ1v) is 7.87. The van der Waals surface area contributed by atoms with Crippen molar-refractivity contribution < 1.29 is 4.74 Å². The molecule has 1 saturated heterocycles. The van der Waals surface area contributed by atoms with E-state index in [1.807, 2.05) is 0 Å². The van der Waals surface area contributed by atoms with Crippen molar-refractivity contribution in [2.75, 3.05) is 39.4 Å². The highest BCUT2D eigenvalue weighted by molar-refractivity contribution is 4.84. The molecule has 106 valence electrons. The van der Waals surface area contributed by atoms with Crippen molar-refractivity contribution in [2.45, 2.75) is 45.6 Å². The Labute approximate surface area is 112 Å². The lowest BCUT2D eigenvalue weighted by Crippen LogP contribution is -2.48. The second kappa shape index (κ2) is 7.46. The summed E-state index contributed by atoms with van der Waals surface area (Å²) in [7, 11) is 0. The first-order valence-electron chi connectivity index (χ1n) is 7.87. The van der Waals surface area contributed by atoms with Gasteiger partial charge in [-0.25, -0.2) is 0 Å². The number of hydrogen-bond donors (Lipinski definition) is 1. The van der Waals surface area contributed by atoms with E-state index in [9.17, 15) is 0 Å². The van der Waals surface area contributed by atoms with Crippen molar-refractivity contribution in [2.24, 2.45) is 11.8 Å². The summed E-state index contributed by atoms with van der Waals surface area (Å²) in [5, 5.41) is 3.64. The van der Waals surface area contributed by atoms with Gasteiger partial charge in [0.05, 0.1) is 6.61 Å². The third-order valence-electron chi connectivity index (χ3n) is 4.19. The van der Waals surface area contributed by atoms with Crippen LogP contribution in [-0.2, 0) is 4.74 Å². The van der Waals surface area contributed by atoms with Crippen LogP contribution < -0.4 is 5.32 Å². The van der Waals surface area contributed by atoms with Gasteiger partial charge in [-0.3, -0.25) is 0 Å². The fraction of sp³-hybridized carbons (Fsp3) is 1.00. The molecule has 0 aromatic heterocycles. The maximum atomic E-state index is 5.69. The Hall–Kier alpha value is -0.120. The molecule has 0 spiro atoms. The van der Waals surface area contributed by atoms with Crippen LogP contribution in [0, 0.1) is 11.8 Å². The van der Waals surface area contributed by atoms with E-state index in [0.29, 0.717) is 12.0 Å². The molecule has 0 aromatic rings. The fourth-order valence-electron chi connectivity index (χ4n) is 3.08. The molecule has 3 nitrogen and oxygen atoms in total. The number of rotatable bonds is 8. The predicted octanol–water partition coefficient (Wildman–Crippen LogP) is 2.12. The number of nitrogens with one attached hydrogen (secondary N) is 1. The average molecular weight is 254 g/mol. The van der Waals surface area contributed by atoms with Gasteiger partial charge >= 0.3 is 0 Å². The molecule has 2 unspecified atom stereocenters. The molecule has 1 aliphatic carbocycles. The summed E-state index contributed by atoms with van der Waals surface area (Å²) in [4.78, 5) is 2.68. The van der Waals surface area contributed by atoms with Crippen LogP contribution in [0.15, 0.2) is 0 Å². The minimum Gasteiger partial charge on any atom is -0.381 e. The van der Waals surface area contributed by atoms with Gasteiger partial charge in [0.2, 0.25) is 0 Å². The van der Waals surface area contributed by atoms with Gasteiger partial charge in [-0.15, -0.1) is 0 Å². The molecule has 0 radical (unpaired) electrons. The van der Waals surface area contributed by atoms with Crippen molar-refractivity contribution in [3.8, 4) is 0 Å². The highest BCUT2D eigenvalue weighted by Gasteiger charge is 2.29. The highest BCUT2D eigenvalue weighted by atomic mass is 16.5. The van der Waals surface area contributed by atoms with Gasteiger partial charge in [-0.05, 0) is 44.7 Å². The van der Waals surface area contributed by atoms with Gasteiger partial charge in [0.25, 0.3) is 0 Å². The Morgan fingerprint density at radius 1 is 1.17 bits per heavy atom. The van der Waals surface area contributed by atoms with Crippen molar-refractivity contribution in [1.29, 1.82) is 0 Å². The lowest BCUT2D eigenvalue weighted by molar-refractivity contribution is 0.0163. The number of nitrogens with zero attached hydrogens (tertiary/aromatic N) is 1. The molecule has 2 rings (SSSR count). The first kappa shape index (κ1) is 14.3. The van der Waals surface area contributed by atoms with Crippen molar-refractivity contribution in [1.82, 2.24) is 10.2 Å². The standard InChI is InChI=1S/C15H30N2O/c1-3-8-17(10-13-5-6-13)11-14-12-18-9-7-15(14)16-4-2/h13-16H,3-12H2,1-2H3. The Kier molecular flexibility index (Phi) is 5.93. The molecule has 1 N–H and O–H groups in total. The lowest BCUT2D eigenvalue weighted by atomic mass is 9.95. The zero-order chi connectivity index (χ0) is 12.8. The number of hydrogen-bond acceptors (Lipinski definition) is 3. The van der Waals surface area contributed by atoms with E-state index in [4.69, 9.17) is 4.74 Å². The minimum atomic E-state index is 0.669.